The molecular weight excluding hydrogens is 296 g/mol. The zero-order valence-electron chi connectivity index (χ0n) is 14.4. The highest BCUT2D eigenvalue weighted by Crippen LogP contribution is 2.24. The van der Waals surface area contributed by atoms with E-state index in [1.807, 2.05) is 12.1 Å². The molecule has 1 aromatic heterocycles. The third-order valence-electron chi connectivity index (χ3n) is 4.45. The first-order chi connectivity index (χ1) is 11.9. The van der Waals surface area contributed by atoms with Gasteiger partial charge in [-0.3, -0.25) is 0 Å². The van der Waals surface area contributed by atoms with Gasteiger partial charge in [0.1, 0.15) is 18.0 Å². The van der Waals surface area contributed by atoms with Crippen LogP contribution in [0.15, 0.2) is 54.4 Å². The maximum absolute atomic E-state index is 4.45. The lowest BCUT2D eigenvalue weighted by molar-refractivity contribution is 0.679. The summed E-state index contributed by atoms with van der Waals surface area (Å²) < 4.78 is 0. The number of anilines is 3. The third-order valence-corrected chi connectivity index (χ3v) is 4.45. The van der Waals surface area contributed by atoms with Gasteiger partial charge in [-0.2, -0.15) is 0 Å². The van der Waals surface area contributed by atoms with Crippen LogP contribution < -0.4 is 10.2 Å². The maximum Gasteiger partial charge on any atom is 0.138 e. The molecule has 0 amide bonds. The highest BCUT2D eigenvalue weighted by Gasteiger charge is 2.09. The Balaban J connectivity index is 1.64. The Labute approximate surface area is 144 Å². The van der Waals surface area contributed by atoms with Gasteiger partial charge in [-0.15, -0.1) is 0 Å². The minimum absolute atomic E-state index is 0.868. The number of hydrogen-bond acceptors (Lipinski definition) is 4. The van der Waals surface area contributed by atoms with Crippen LogP contribution in [0.4, 0.5) is 17.3 Å². The predicted octanol–water partition coefficient (Wildman–Crippen LogP) is 4.94. The Morgan fingerprint density at radius 3 is 2.75 bits per heavy atom. The molecule has 0 radical (unpaired) electrons. The van der Waals surface area contributed by atoms with E-state index in [9.17, 15) is 0 Å². The molecule has 126 valence electrons. The van der Waals surface area contributed by atoms with Crippen molar-refractivity contribution in [1.29, 1.82) is 0 Å². The van der Waals surface area contributed by atoms with Gasteiger partial charge in [0.05, 0.1) is 0 Å². The standard InChI is InChI=1S/C20H26N4/c1-2-24(18-11-7-4-8-12-18)20-15-19(22-16-23-20)21-14-13-17-9-5-3-6-10-17/h4,7-9,11-12,15-16H,2-3,5-6,10,13-14H2,1H3,(H,21,22,23). The molecule has 0 bridgehead atoms. The molecule has 0 aliphatic heterocycles. The molecule has 0 fully saturated rings. The van der Waals surface area contributed by atoms with Crippen LogP contribution in [-0.4, -0.2) is 23.1 Å². The SMILES string of the molecule is CCN(c1ccccc1)c1cc(NCCC2=CCCCC2)ncn1. The second kappa shape index (κ2) is 8.48. The van der Waals surface area contributed by atoms with Crippen molar-refractivity contribution >= 4 is 17.3 Å². The molecule has 0 saturated heterocycles. The van der Waals surface area contributed by atoms with Gasteiger partial charge in [0.2, 0.25) is 0 Å². The zero-order chi connectivity index (χ0) is 16.6. The van der Waals surface area contributed by atoms with E-state index in [-0.39, 0.29) is 0 Å². The van der Waals surface area contributed by atoms with Crippen LogP contribution in [0.1, 0.15) is 39.0 Å². The summed E-state index contributed by atoms with van der Waals surface area (Å²) >= 11 is 0. The van der Waals surface area contributed by atoms with E-state index < -0.39 is 0 Å². The molecule has 1 N–H and O–H groups in total. The molecule has 2 aromatic rings. The smallest absolute Gasteiger partial charge is 0.138 e. The number of nitrogens with zero attached hydrogens (tertiary/aromatic N) is 3. The van der Waals surface area contributed by atoms with Crippen molar-refractivity contribution in [3.63, 3.8) is 0 Å². The number of para-hydroxylation sites is 1. The fourth-order valence-electron chi connectivity index (χ4n) is 3.16. The fraction of sp³-hybridized carbons (Fsp3) is 0.400. The monoisotopic (exact) mass is 322 g/mol. The Hall–Kier alpha value is -2.36. The highest BCUT2D eigenvalue weighted by atomic mass is 15.2. The topological polar surface area (TPSA) is 41.0 Å². The minimum Gasteiger partial charge on any atom is -0.370 e. The van der Waals surface area contributed by atoms with Crippen LogP contribution in [-0.2, 0) is 0 Å². The van der Waals surface area contributed by atoms with Gasteiger partial charge in [0.25, 0.3) is 0 Å². The molecule has 1 aliphatic carbocycles. The zero-order valence-corrected chi connectivity index (χ0v) is 14.4. The van der Waals surface area contributed by atoms with E-state index in [0.29, 0.717) is 0 Å². The van der Waals surface area contributed by atoms with Crippen molar-refractivity contribution < 1.29 is 0 Å². The van der Waals surface area contributed by atoms with Crippen molar-refractivity contribution in [3.05, 3.63) is 54.4 Å². The van der Waals surface area contributed by atoms with Crippen LogP contribution >= 0.6 is 0 Å². The number of rotatable bonds is 7. The molecule has 3 rings (SSSR count). The van der Waals surface area contributed by atoms with Gasteiger partial charge in [0, 0.05) is 24.8 Å². The van der Waals surface area contributed by atoms with E-state index in [0.717, 1.165) is 36.8 Å². The molecule has 1 aliphatic rings. The van der Waals surface area contributed by atoms with Gasteiger partial charge < -0.3 is 10.2 Å². The Bertz CT molecular complexity index is 666. The molecule has 1 aromatic carbocycles. The van der Waals surface area contributed by atoms with E-state index in [1.165, 1.54) is 25.7 Å². The minimum atomic E-state index is 0.868. The molecule has 0 spiro atoms. The van der Waals surface area contributed by atoms with E-state index in [4.69, 9.17) is 0 Å². The van der Waals surface area contributed by atoms with Crippen LogP contribution in [0.5, 0.6) is 0 Å². The number of nitrogens with one attached hydrogen (secondary N) is 1. The molecule has 24 heavy (non-hydrogen) atoms. The summed E-state index contributed by atoms with van der Waals surface area (Å²) in [7, 11) is 0. The quantitative estimate of drug-likeness (QED) is 0.733. The Morgan fingerprint density at radius 2 is 2.00 bits per heavy atom. The van der Waals surface area contributed by atoms with Crippen molar-refractivity contribution in [2.75, 3.05) is 23.3 Å². The average Bonchev–Trinajstić information content (AvgIpc) is 2.65. The van der Waals surface area contributed by atoms with Gasteiger partial charge in [-0.1, -0.05) is 29.8 Å². The van der Waals surface area contributed by atoms with Gasteiger partial charge in [0.15, 0.2) is 0 Å². The van der Waals surface area contributed by atoms with Crippen molar-refractivity contribution in [2.45, 2.75) is 39.0 Å². The Kier molecular flexibility index (Phi) is 5.83. The molecule has 0 saturated carbocycles. The van der Waals surface area contributed by atoms with Gasteiger partial charge >= 0.3 is 0 Å². The Morgan fingerprint density at radius 1 is 1.12 bits per heavy atom. The first-order valence-corrected chi connectivity index (χ1v) is 8.93. The number of allylic oxidation sites excluding steroid dienone is 1. The lowest BCUT2D eigenvalue weighted by Crippen LogP contribution is -2.18. The van der Waals surface area contributed by atoms with Crippen molar-refractivity contribution in [3.8, 4) is 0 Å². The summed E-state index contributed by atoms with van der Waals surface area (Å²) in [6.07, 6.45) is 10.3. The summed E-state index contributed by atoms with van der Waals surface area (Å²) in [4.78, 5) is 11.0. The summed E-state index contributed by atoms with van der Waals surface area (Å²) in [6.45, 7) is 3.94. The molecule has 4 nitrogen and oxygen atoms in total. The lowest BCUT2D eigenvalue weighted by Gasteiger charge is -2.22. The van der Waals surface area contributed by atoms with Crippen LogP contribution in [0, 0.1) is 0 Å². The normalized spacial score (nSPS) is 14.1. The highest BCUT2D eigenvalue weighted by molar-refractivity contribution is 5.61. The largest absolute Gasteiger partial charge is 0.370 e. The third kappa shape index (κ3) is 4.34. The van der Waals surface area contributed by atoms with Crippen molar-refractivity contribution in [1.82, 2.24) is 9.97 Å². The first kappa shape index (κ1) is 16.5. The number of hydrogen-bond donors (Lipinski definition) is 1. The van der Waals surface area contributed by atoms with E-state index >= 15 is 0 Å². The van der Waals surface area contributed by atoms with Crippen LogP contribution in [0.3, 0.4) is 0 Å². The molecule has 4 heteroatoms. The second-order valence-electron chi connectivity index (χ2n) is 6.13. The summed E-state index contributed by atoms with van der Waals surface area (Å²) in [5, 5.41) is 3.44. The van der Waals surface area contributed by atoms with Gasteiger partial charge in [-0.25, -0.2) is 9.97 Å². The van der Waals surface area contributed by atoms with Crippen LogP contribution in [0.25, 0.3) is 0 Å². The molecule has 1 heterocycles. The fourth-order valence-corrected chi connectivity index (χ4v) is 3.16. The molecule has 0 unspecified atom stereocenters. The predicted molar refractivity (Wildman–Crippen MR) is 101 cm³/mol. The molecule has 0 atom stereocenters. The van der Waals surface area contributed by atoms with E-state index in [2.05, 4.69) is 57.4 Å². The van der Waals surface area contributed by atoms with Gasteiger partial charge in [-0.05, 0) is 51.2 Å². The van der Waals surface area contributed by atoms with Crippen molar-refractivity contribution in [2.24, 2.45) is 0 Å². The number of aromatic nitrogens is 2. The molecular formula is C20H26N4. The average molecular weight is 322 g/mol. The first-order valence-electron chi connectivity index (χ1n) is 8.93. The van der Waals surface area contributed by atoms with Crippen LogP contribution in [0.2, 0.25) is 0 Å². The summed E-state index contributed by atoms with van der Waals surface area (Å²) in [6, 6.07) is 12.4. The summed E-state index contributed by atoms with van der Waals surface area (Å²) in [5.41, 5.74) is 2.74. The second-order valence-corrected chi connectivity index (χ2v) is 6.13. The van der Waals surface area contributed by atoms with E-state index in [1.54, 1.807) is 11.9 Å². The number of benzene rings is 1. The lowest BCUT2D eigenvalue weighted by atomic mass is 9.97. The maximum atomic E-state index is 4.45. The summed E-state index contributed by atoms with van der Waals surface area (Å²) in [5.74, 6) is 1.82.